The third-order valence-corrected chi connectivity index (χ3v) is 4.17. The molecule has 112 valence electrons. The number of pyridine rings is 1. The Balaban J connectivity index is 1.71. The second kappa shape index (κ2) is 7.11. The highest BCUT2D eigenvalue weighted by Gasteiger charge is 2.12. The minimum absolute atomic E-state index is 0.00866. The first-order valence-corrected chi connectivity index (χ1v) is 7.78. The molecule has 0 saturated heterocycles. The fourth-order valence-electron chi connectivity index (χ4n) is 2.08. The van der Waals surface area contributed by atoms with Gasteiger partial charge in [-0.05, 0) is 29.6 Å². The molecule has 3 aromatic heterocycles. The van der Waals surface area contributed by atoms with Crippen molar-refractivity contribution < 1.29 is 4.74 Å². The largest absolute Gasteiger partial charge is 0.374 e. The van der Waals surface area contributed by atoms with Crippen LogP contribution in [0.2, 0.25) is 0 Å². The van der Waals surface area contributed by atoms with Crippen LogP contribution in [0.3, 0.4) is 0 Å². The standard InChI is InChI=1S/C16H16N4OS/c1-21-14(15-5-3-9-22-15)11-19-16-18-8-6-13(20-16)12-4-2-7-17-10-12/h2-10,14H,11H2,1H3,(H,18,19,20)/t14-/m0/s1. The molecule has 0 aromatic carbocycles. The lowest BCUT2D eigenvalue weighted by Gasteiger charge is -2.14. The first-order valence-electron chi connectivity index (χ1n) is 6.90. The Labute approximate surface area is 133 Å². The van der Waals surface area contributed by atoms with Crippen LogP contribution in [0.1, 0.15) is 11.0 Å². The molecule has 0 saturated carbocycles. The zero-order valence-electron chi connectivity index (χ0n) is 12.1. The Morgan fingerprint density at radius 2 is 2.18 bits per heavy atom. The Morgan fingerprint density at radius 1 is 1.23 bits per heavy atom. The molecule has 0 spiro atoms. The van der Waals surface area contributed by atoms with E-state index < -0.39 is 0 Å². The lowest BCUT2D eigenvalue weighted by molar-refractivity contribution is 0.117. The Kier molecular flexibility index (Phi) is 4.72. The minimum atomic E-state index is -0.00866. The first-order chi connectivity index (χ1) is 10.9. The van der Waals surface area contributed by atoms with Gasteiger partial charge in [-0.3, -0.25) is 4.98 Å². The van der Waals surface area contributed by atoms with Gasteiger partial charge in [0.2, 0.25) is 5.95 Å². The van der Waals surface area contributed by atoms with Crippen LogP contribution in [0, 0.1) is 0 Å². The van der Waals surface area contributed by atoms with Crippen molar-refractivity contribution in [3.05, 3.63) is 59.2 Å². The summed E-state index contributed by atoms with van der Waals surface area (Å²) in [6.45, 7) is 0.619. The maximum absolute atomic E-state index is 5.51. The van der Waals surface area contributed by atoms with E-state index in [1.807, 2.05) is 29.6 Å². The second-order valence-electron chi connectivity index (χ2n) is 4.63. The van der Waals surface area contributed by atoms with E-state index >= 15 is 0 Å². The van der Waals surface area contributed by atoms with Crippen molar-refractivity contribution in [1.82, 2.24) is 15.0 Å². The summed E-state index contributed by atoms with van der Waals surface area (Å²) in [5.41, 5.74) is 1.81. The van der Waals surface area contributed by atoms with Gasteiger partial charge >= 0.3 is 0 Å². The quantitative estimate of drug-likeness (QED) is 0.756. The number of anilines is 1. The molecule has 3 heterocycles. The Bertz CT molecular complexity index is 703. The van der Waals surface area contributed by atoms with Crippen molar-refractivity contribution in [2.75, 3.05) is 19.0 Å². The van der Waals surface area contributed by atoms with E-state index in [2.05, 4.69) is 26.3 Å². The van der Waals surface area contributed by atoms with E-state index in [-0.39, 0.29) is 6.10 Å². The SMILES string of the molecule is CO[C@@H](CNc1nccc(-c2cccnc2)n1)c1cccs1. The van der Waals surface area contributed by atoms with Crippen molar-refractivity contribution in [3.63, 3.8) is 0 Å². The van der Waals surface area contributed by atoms with E-state index in [1.54, 1.807) is 37.0 Å². The van der Waals surface area contributed by atoms with Crippen LogP contribution < -0.4 is 5.32 Å². The van der Waals surface area contributed by atoms with Gasteiger partial charge in [-0.2, -0.15) is 0 Å². The fourth-order valence-corrected chi connectivity index (χ4v) is 2.88. The predicted octanol–water partition coefficient (Wildman–Crippen LogP) is 3.40. The molecule has 5 nitrogen and oxygen atoms in total. The zero-order chi connectivity index (χ0) is 15.2. The van der Waals surface area contributed by atoms with Gasteiger partial charge in [-0.25, -0.2) is 9.97 Å². The Morgan fingerprint density at radius 3 is 2.91 bits per heavy atom. The number of aromatic nitrogens is 3. The normalized spacial score (nSPS) is 12.0. The molecule has 6 heteroatoms. The van der Waals surface area contributed by atoms with E-state index in [0.29, 0.717) is 12.5 Å². The summed E-state index contributed by atoms with van der Waals surface area (Å²) in [4.78, 5) is 14.1. The number of ether oxygens (including phenoxy) is 1. The molecule has 3 rings (SSSR count). The molecule has 1 N–H and O–H groups in total. The van der Waals surface area contributed by atoms with E-state index in [9.17, 15) is 0 Å². The summed E-state index contributed by atoms with van der Waals surface area (Å²) in [5, 5.41) is 5.28. The highest BCUT2D eigenvalue weighted by Crippen LogP contribution is 2.22. The molecule has 3 aromatic rings. The molecular formula is C16H16N4OS. The van der Waals surface area contributed by atoms with Crippen LogP contribution >= 0.6 is 11.3 Å². The molecule has 0 amide bonds. The average Bonchev–Trinajstić information content (AvgIpc) is 3.11. The van der Waals surface area contributed by atoms with Gasteiger partial charge in [0.1, 0.15) is 6.10 Å². The molecule has 0 unspecified atom stereocenters. The lowest BCUT2D eigenvalue weighted by atomic mass is 10.2. The van der Waals surface area contributed by atoms with Crippen LogP contribution in [-0.4, -0.2) is 28.6 Å². The maximum Gasteiger partial charge on any atom is 0.223 e. The van der Waals surface area contributed by atoms with Crippen molar-refractivity contribution in [2.24, 2.45) is 0 Å². The van der Waals surface area contributed by atoms with E-state index in [4.69, 9.17) is 4.74 Å². The number of rotatable bonds is 6. The minimum Gasteiger partial charge on any atom is -0.374 e. The molecule has 22 heavy (non-hydrogen) atoms. The predicted molar refractivity (Wildman–Crippen MR) is 87.8 cm³/mol. The lowest BCUT2D eigenvalue weighted by Crippen LogP contribution is -2.15. The van der Waals surface area contributed by atoms with Crippen molar-refractivity contribution in [3.8, 4) is 11.3 Å². The van der Waals surface area contributed by atoms with Crippen LogP contribution in [0.25, 0.3) is 11.3 Å². The Hall–Kier alpha value is -2.31. The number of hydrogen-bond acceptors (Lipinski definition) is 6. The summed E-state index contributed by atoms with van der Waals surface area (Å²) in [6, 6.07) is 9.82. The number of thiophene rings is 1. The third kappa shape index (κ3) is 3.47. The van der Waals surface area contributed by atoms with Gasteiger partial charge in [-0.15, -0.1) is 11.3 Å². The summed E-state index contributed by atoms with van der Waals surface area (Å²) in [7, 11) is 1.71. The average molecular weight is 312 g/mol. The van der Waals surface area contributed by atoms with E-state index in [1.165, 1.54) is 4.88 Å². The highest BCUT2D eigenvalue weighted by atomic mass is 32.1. The number of nitrogens with zero attached hydrogens (tertiary/aromatic N) is 3. The smallest absolute Gasteiger partial charge is 0.223 e. The van der Waals surface area contributed by atoms with Crippen molar-refractivity contribution in [2.45, 2.75) is 6.10 Å². The van der Waals surface area contributed by atoms with Gasteiger partial charge in [0.15, 0.2) is 0 Å². The summed E-state index contributed by atoms with van der Waals surface area (Å²) < 4.78 is 5.51. The van der Waals surface area contributed by atoms with Crippen LogP contribution in [0.15, 0.2) is 54.3 Å². The molecule has 1 atom stereocenters. The van der Waals surface area contributed by atoms with Gasteiger partial charge < -0.3 is 10.1 Å². The van der Waals surface area contributed by atoms with Crippen molar-refractivity contribution >= 4 is 17.3 Å². The van der Waals surface area contributed by atoms with Gasteiger partial charge in [0, 0.05) is 42.7 Å². The summed E-state index contributed by atoms with van der Waals surface area (Å²) in [6.07, 6.45) is 5.26. The molecule has 0 aliphatic carbocycles. The maximum atomic E-state index is 5.51. The highest BCUT2D eigenvalue weighted by molar-refractivity contribution is 7.10. The number of methoxy groups -OCH3 is 1. The van der Waals surface area contributed by atoms with E-state index in [0.717, 1.165) is 11.3 Å². The van der Waals surface area contributed by atoms with Gasteiger partial charge in [-0.1, -0.05) is 6.07 Å². The zero-order valence-corrected chi connectivity index (χ0v) is 13.0. The monoisotopic (exact) mass is 312 g/mol. The molecule has 0 aliphatic heterocycles. The number of hydrogen-bond donors (Lipinski definition) is 1. The molecule has 0 fully saturated rings. The summed E-state index contributed by atoms with van der Waals surface area (Å²) in [5.74, 6) is 0.583. The molecule has 0 bridgehead atoms. The fraction of sp³-hybridized carbons (Fsp3) is 0.188. The van der Waals surface area contributed by atoms with Crippen LogP contribution in [-0.2, 0) is 4.74 Å². The van der Waals surface area contributed by atoms with Crippen LogP contribution in [0.4, 0.5) is 5.95 Å². The topological polar surface area (TPSA) is 59.9 Å². The molecular weight excluding hydrogens is 296 g/mol. The second-order valence-corrected chi connectivity index (χ2v) is 5.61. The molecule has 0 radical (unpaired) electrons. The first kappa shape index (κ1) is 14.6. The van der Waals surface area contributed by atoms with Crippen molar-refractivity contribution in [1.29, 1.82) is 0 Å². The molecule has 0 aliphatic rings. The van der Waals surface area contributed by atoms with Gasteiger partial charge in [0.05, 0.1) is 5.69 Å². The number of nitrogens with one attached hydrogen (secondary N) is 1. The van der Waals surface area contributed by atoms with Gasteiger partial charge in [0.25, 0.3) is 0 Å². The third-order valence-electron chi connectivity index (χ3n) is 3.20. The summed E-state index contributed by atoms with van der Waals surface area (Å²) >= 11 is 1.68. The van der Waals surface area contributed by atoms with Crippen LogP contribution in [0.5, 0.6) is 0 Å².